The fourth-order valence-electron chi connectivity index (χ4n) is 1.68. The van der Waals surface area contributed by atoms with Crippen molar-refractivity contribution in [1.82, 2.24) is 14.8 Å². The fourth-order valence-corrected chi connectivity index (χ4v) is 1.68. The van der Waals surface area contributed by atoms with E-state index in [1.807, 2.05) is 0 Å². The van der Waals surface area contributed by atoms with Crippen molar-refractivity contribution in [2.45, 2.75) is 20.1 Å². The minimum absolute atomic E-state index is 0.0699. The molecule has 0 atom stereocenters. The Balaban J connectivity index is 2.58. The number of aromatic nitrogens is 3. The fraction of sp³-hybridized carbons (Fsp3) is 0.273. The molecule has 0 bridgehead atoms. The van der Waals surface area contributed by atoms with Crippen LogP contribution in [0.15, 0.2) is 12.1 Å². The molecule has 1 heterocycles. The molecule has 0 aliphatic heterocycles. The van der Waals surface area contributed by atoms with Crippen molar-refractivity contribution in [2.75, 3.05) is 0 Å². The van der Waals surface area contributed by atoms with E-state index in [1.54, 1.807) is 6.92 Å². The third kappa shape index (κ3) is 1.97. The Morgan fingerprint density at radius 1 is 1.17 bits per heavy atom. The van der Waals surface area contributed by atoms with Gasteiger partial charge in [0.2, 0.25) is 0 Å². The van der Waals surface area contributed by atoms with Crippen molar-refractivity contribution in [2.24, 2.45) is 0 Å². The number of aliphatic hydroxyl groups is 1. The number of benzene rings is 1. The van der Waals surface area contributed by atoms with Gasteiger partial charge < -0.3 is 9.67 Å². The van der Waals surface area contributed by atoms with Crippen LogP contribution < -0.4 is 0 Å². The second-order valence-corrected chi connectivity index (χ2v) is 3.60. The Morgan fingerprint density at radius 2 is 1.78 bits per heavy atom. The number of hydrogen-bond donors (Lipinski definition) is 1. The summed E-state index contributed by atoms with van der Waals surface area (Å²) >= 11 is 0. The summed E-state index contributed by atoms with van der Waals surface area (Å²) in [5.41, 5.74) is 0.0699. The molecule has 0 aliphatic carbocycles. The third-order valence-electron chi connectivity index (χ3n) is 2.53. The van der Waals surface area contributed by atoms with Crippen molar-refractivity contribution in [1.29, 1.82) is 0 Å². The zero-order chi connectivity index (χ0) is 13.3. The molecular formula is C11H10F3N3O. The van der Waals surface area contributed by atoms with Gasteiger partial charge in [-0.15, -0.1) is 10.2 Å². The van der Waals surface area contributed by atoms with Gasteiger partial charge in [0, 0.05) is 12.1 Å². The molecule has 0 saturated carbocycles. The van der Waals surface area contributed by atoms with E-state index in [4.69, 9.17) is 5.11 Å². The second-order valence-electron chi connectivity index (χ2n) is 3.60. The van der Waals surface area contributed by atoms with Crippen LogP contribution in [0.25, 0.3) is 11.4 Å². The summed E-state index contributed by atoms with van der Waals surface area (Å²) in [5.74, 6) is -3.65. The molecule has 2 rings (SSSR count). The molecule has 0 aliphatic rings. The molecule has 1 aromatic heterocycles. The van der Waals surface area contributed by atoms with Crippen molar-refractivity contribution >= 4 is 0 Å². The smallest absolute Gasteiger partial charge is 0.194 e. The third-order valence-corrected chi connectivity index (χ3v) is 2.53. The highest BCUT2D eigenvalue weighted by Gasteiger charge is 2.17. The van der Waals surface area contributed by atoms with Gasteiger partial charge in [0.15, 0.2) is 29.1 Å². The second kappa shape index (κ2) is 4.77. The van der Waals surface area contributed by atoms with Crippen LogP contribution in [0.2, 0.25) is 0 Å². The van der Waals surface area contributed by atoms with Crippen LogP contribution in [0.4, 0.5) is 13.2 Å². The normalized spacial score (nSPS) is 10.9. The lowest BCUT2D eigenvalue weighted by atomic mass is 10.2. The summed E-state index contributed by atoms with van der Waals surface area (Å²) in [4.78, 5) is 0. The highest BCUT2D eigenvalue weighted by atomic mass is 19.2. The first-order valence-electron chi connectivity index (χ1n) is 5.26. The van der Waals surface area contributed by atoms with E-state index in [9.17, 15) is 13.2 Å². The van der Waals surface area contributed by atoms with Crippen LogP contribution in [0.1, 0.15) is 12.7 Å². The minimum Gasteiger partial charge on any atom is -0.388 e. The lowest BCUT2D eigenvalue weighted by molar-refractivity contribution is 0.265. The maximum atomic E-state index is 13.1. The largest absolute Gasteiger partial charge is 0.388 e. The molecule has 0 radical (unpaired) electrons. The number of halogens is 3. The topological polar surface area (TPSA) is 50.9 Å². The van der Waals surface area contributed by atoms with E-state index in [2.05, 4.69) is 10.2 Å². The number of rotatable bonds is 3. The molecule has 0 fully saturated rings. The molecule has 0 unspecified atom stereocenters. The van der Waals surface area contributed by atoms with E-state index in [0.717, 1.165) is 12.1 Å². The van der Waals surface area contributed by atoms with Crippen molar-refractivity contribution in [3.63, 3.8) is 0 Å². The summed E-state index contributed by atoms with van der Waals surface area (Å²) in [6.45, 7) is 1.84. The average molecular weight is 257 g/mol. The molecule has 96 valence electrons. The zero-order valence-corrected chi connectivity index (χ0v) is 9.49. The van der Waals surface area contributed by atoms with Gasteiger partial charge in [0.25, 0.3) is 0 Å². The van der Waals surface area contributed by atoms with E-state index in [-0.39, 0.29) is 23.8 Å². The first kappa shape index (κ1) is 12.6. The van der Waals surface area contributed by atoms with Crippen molar-refractivity contribution < 1.29 is 18.3 Å². The molecule has 1 aromatic carbocycles. The Morgan fingerprint density at radius 3 is 2.28 bits per heavy atom. The highest BCUT2D eigenvalue weighted by molar-refractivity contribution is 5.55. The first-order chi connectivity index (χ1) is 8.58. The maximum absolute atomic E-state index is 13.1. The number of nitrogens with zero attached hydrogens (tertiary/aromatic N) is 3. The number of hydrogen-bond acceptors (Lipinski definition) is 3. The molecule has 0 amide bonds. The Bertz CT molecular complexity index is 560. The summed E-state index contributed by atoms with van der Waals surface area (Å²) in [6, 6.07) is 1.69. The van der Waals surface area contributed by atoms with Gasteiger partial charge >= 0.3 is 0 Å². The van der Waals surface area contributed by atoms with Gasteiger partial charge in [0.05, 0.1) is 0 Å². The van der Waals surface area contributed by atoms with Crippen LogP contribution in [-0.4, -0.2) is 19.9 Å². The Labute approximate surface area is 101 Å². The summed E-state index contributed by atoms with van der Waals surface area (Å²) in [7, 11) is 0. The van der Waals surface area contributed by atoms with Gasteiger partial charge in [-0.1, -0.05) is 0 Å². The van der Waals surface area contributed by atoms with Crippen LogP contribution in [0, 0.1) is 17.5 Å². The van der Waals surface area contributed by atoms with E-state index < -0.39 is 17.5 Å². The quantitative estimate of drug-likeness (QED) is 0.854. The molecule has 4 nitrogen and oxygen atoms in total. The van der Waals surface area contributed by atoms with E-state index in [0.29, 0.717) is 6.54 Å². The summed E-state index contributed by atoms with van der Waals surface area (Å²) in [5, 5.41) is 16.5. The zero-order valence-electron chi connectivity index (χ0n) is 9.49. The van der Waals surface area contributed by atoms with Crippen LogP contribution in [0.5, 0.6) is 0 Å². The Hall–Kier alpha value is -1.89. The average Bonchev–Trinajstić information content (AvgIpc) is 2.77. The summed E-state index contributed by atoms with van der Waals surface area (Å²) < 4.78 is 40.6. The monoisotopic (exact) mass is 257 g/mol. The SMILES string of the molecule is CCn1c(CO)nnc1-c1cc(F)c(F)c(F)c1. The predicted octanol–water partition coefficient (Wildman–Crippen LogP) is 1.87. The van der Waals surface area contributed by atoms with Gasteiger partial charge in [-0.05, 0) is 19.1 Å². The Kier molecular flexibility index (Phi) is 3.33. The molecular weight excluding hydrogens is 247 g/mol. The minimum atomic E-state index is -1.52. The predicted molar refractivity (Wildman–Crippen MR) is 56.9 cm³/mol. The highest BCUT2D eigenvalue weighted by Crippen LogP contribution is 2.23. The molecule has 0 saturated heterocycles. The van der Waals surface area contributed by atoms with Gasteiger partial charge in [-0.2, -0.15) is 0 Å². The van der Waals surface area contributed by atoms with E-state index >= 15 is 0 Å². The van der Waals surface area contributed by atoms with Crippen LogP contribution in [-0.2, 0) is 13.2 Å². The van der Waals surface area contributed by atoms with Gasteiger partial charge in [0.1, 0.15) is 6.61 Å². The number of aliphatic hydroxyl groups excluding tert-OH is 1. The molecule has 7 heteroatoms. The first-order valence-corrected chi connectivity index (χ1v) is 5.26. The van der Waals surface area contributed by atoms with Crippen molar-refractivity contribution in [3.8, 4) is 11.4 Å². The van der Waals surface area contributed by atoms with Crippen LogP contribution in [0.3, 0.4) is 0 Å². The molecule has 2 aromatic rings. The van der Waals surface area contributed by atoms with Crippen molar-refractivity contribution in [3.05, 3.63) is 35.4 Å². The van der Waals surface area contributed by atoms with E-state index in [1.165, 1.54) is 4.57 Å². The molecule has 18 heavy (non-hydrogen) atoms. The maximum Gasteiger partial charge on any atom is 0.194 e. The lowest BCUT2D eigenvalue weighted by Gasteiger charge is -2.06. The van der Waals surface area contributed by atoms with Gasteiger partial charge in [-0.25, -0.2) is 13.2 Å². The summed E-state index contributed by atoms with van der Waals surface area (Å²) in [6.07, 6.45) is 0. The van der Waals surface area contributed by atoms with Gasteiger partial charge in [-0.3, -0.25) is 0 Å². The van der Waals surface area contributed by atoms with Crippen LogP contribution >= 0.6 is 0 Å². The molecule has 0 spiro atoms. The standard InChI is InChI=1S/C11H10F3N3O/c1-2-17-9(5-18)15-16-11(17)6-3-7(12)10(14)8(13)4-6/h3-4,18H,2,5H2,1H3. The molecule has 1 N–H and O–H groups in total. The lowest BCUT2D eigenvalue weighted by Crippen LogP contribution is -2.04.